The Morgan fingerprint density at radius 3 is 3.00 bits per heavy atom. The number of aliphatic hydroxyl groups excluding tert-OH is 1. The summed E-state index contributed by atoms with van der Waals surface area (Å²) >= 11 is 0. The fraction of sp³-hybridized carbons (Fsp3) is 0.444. The van der Waals surface area contributed by atoms with Crippen LogP contribution in [0.15, 0.2) is 12.3 Å². The van der Waals surface area contributed by atoms with Gasteiger partial charge in [-0.15, -0.1) is 5.10 Å². The van der Waals surface area contributed by atoms with Crippen LogP contribution in [-0.2, 0) is 0 Å². The van der Waals surface area contributed by atoms with Crippen LogP contribution in [0.5, 0.6) is 0 Å². The second-order valence-electron chi connectivity index (χ2n) is 3.02. The molecule has 1 N–H and O–H groups in total. The summed E-state index contributed by atoms with van der Waals surface area (Å²) < 4.78 is 0. The molecule has 0 spiro atoms. The largest absolute Gasteiger partial charge is 0.394 e. The van der Waals surface area contributed by atoms with Crippen LogP contribution in [0.2, 0.25) is 0 Å². The van der Waals surface area contributed by atoms with E-state index in [0.717, 1.165) is 0 Å². The molecule has 0 saturated heterocycles. The SMILES string of the molecule is CC(CO)N(C)c1nnccc1C#N. The summed E-state index contributed by atoms with van der Waals surface area (Å²) in [4.78, 5) is 1.73. The lowest BCUT2D eigenvalue weighted by atomic mass is 10.2. The maximum Gasteiger partial charge on any atom is 0.169 e. The molecule has 0 radical (unpaired) electrons. The van der Waals surface area contributed by atoms with E-state index in [4.69, 9.17) is 10.4 Å². The molecule has 1 atom stereocenters. The summed E-state index contributed by atoms with van der Waals surface area (Å²) in [5, 5.41) is 25.3. The minimum absolute atomic E-state index is 0.0118. The highest BCUT2D eigenvalue weighted by Gasteiger charge is 2.14. The number of rotatable bonds is 3. The lowest BCUT2D eigenvalue weighted by Gasteiger charge is -2.23. The number of nitrogens with zero attached hydrogens (tertiary/aromatic N) is 4. The highest BCUT2D eigenvalue weighted by molar-refractivity contribution is 5.52. The molecule has 0 aliphatic carbocycles. The molecular weight excluding hydrogens is 180 g/mol. The zero-order valence-corrected chi connectivity index (χ0v) is 8.18. The summed E-state index contributed by atoms with van der Waals surface area (Å²) in [5.41, 5.74) is 0.461. The summed E-state index contributed by atoms with van der Waals surface area (Å²) in [6.45, 7) is 1.85. The second-order valence-corrected chi connectivity index (χ2v) is 3.02. The van der Waals surface area contributed by atoms with Crippen molar-refractivity contribution in [2.45, 2.75) is 13.0 Å². The van der Waals surface area contributed by atoms with Gasteiger partial charge in [-0.1, -0.05) is 0 Å². The van der Waals surface area contributed by atoms with Crippen LogP contribution < -0.4 is 4.90 Å². The van der Waals surface area contributed by atoms with Gasteiger partial charge in [0.2, 0.25) is 0 Å². The highest BCUT2D eigenvalue weighted by Crippen LogP contribution is 2.15. The lowest BCUT2D eigenvalue weighted by Crippen LogP contribution is -2.33. The van der Waals surface area contributed by atoms with E-state index < -0.39 is 0 Å². The Labute approximate surface area is 82.6 Å². The average Bonchev–Trinajstić information content (AvgIpc) is 2.26. The summed E-state index contributed by atoms with van der Waals surface area (Å²) in [5.74, 6) is 0.497. The zero-order chi connectivity index (χ0) is 10.6. The molecule has 1 rings (SSSR count). The van der Waals surface area contributed by atoms with Gasteiger partial charge in [0.15, 0.2) is 5.82 Å². The third-order valence-electron chi connectivity index (χ3n) is 2.08. The number of hydrogen-bond donors (Lipinski definition) is 1. The Hall–Kier alpha value is -1.67. The van der Waals surface area contributed by atoms with Gasteiger partial charge in [0, 0.05) is 7.05 Å². The topological polar surface area (TPSA) is 73.0 Å². The molecular formula is C9H12N4O. The van der Waals surface area contributed by atoms with Gasteiger partial charge >= 0.3 is 0 Å². The quantitative estimate of drug-likeness (QED) is 0.738. The smallest absolute Gasteiger partial charge is 0.169 e. The first-order valence-corrected chi connectivity index (χ1v) is 4.26. The van der Waals surface area contributed by atoms with E-state index in [-0.39, 0.29) is 12.6 Å². The predicted molar refractivity (Wildman–Crippen MR) is 51.7 cm³/mol. The van der Waals surface area contributed by atoms with Crippen LogP contribution >= 0.6 is 0 Å². The molecule has 74 valence electrons. The minimum Gasteiger partial charge on any atom is -0.394 e. The summed E-state index contributed by atoms with van der Waals surface area (Å²) in [7, 11) is 1.77. The van der Waals surface area contributed by atoms with E-state index in [9.17, 15) is 0 Å². The van der Waals surface area contributed by atoms with Crippen molar-refractivity contribution in [3.63, 3.8) is 0 Å². The number of nitriles is 1. The van der Waals surface area contributed by atoms with Gasteiger partial charge in [0.1, 0.15) is 6.07 Å². The van der Waals surface area contributed by atoms with Crippen molar-refractivity contribution in [1.29, 1.82) is 5.26 Å². The predicted octanol–water partition coefficient (Wildman–Crippen LogP) is 0.165. The fourth-order valence-corrected chi connectivity index (χ4v) is 1.00. The molecule has 0 saturated carbocycles. The third-order valence-corrected chi connectivity index (χ3v) is 2.08. The molecule has 5 heteroatoms. The maximum absolute atomic E-state index is 8.96. The van der Waals surface area contributed by atoms with Gasteiger partial charge in [-0.3, -0.25) is 0 Å². The first-order chi connectivity index (χ1) is 6.70. The molecule has 1 unspecified atom stereocenters. The third kappa shape index (κ3) is 1.98. The molecule has 1 aromatic rings. The molecule has 1 aromatic heterocycles. The van der Waals surface area contributed by atoms with E-state index in [1.54, 1.807) is 18.0 Å². The van der Waals surface area contributed by atoms with E-state index in [1.165, 1.54) is 6.20 Å². The molecule has 0 aromatic carbocycles. The van der Waals surface area contributed by atoms with Crippen molar-refractivity contribution < 1.29 is 5.11 Å². The van der Waals surface area contributed by atoms with Crippen LogP contribution in [0.4, 0.5) is 5.82 Å². The monoisotopic (exact) mass is 192 g/mol. The van der Waals surface area contributed by atoms with Gasteiger partial charge in [-0.2, -0.15) is 10.4 Å². The highest BCUT2D eigenvalue weighted by atomic mass is 16.3. The van der Waals surface area contributed by atoms with Crippen LogP contribution in [-0.4, -0.2) is 35.0 Å². The number of aromatic nitrogens is 2. The molecule has 0 amide bonds. The zero-order valence-electron chi connectivity index (χ0n) is 8.18. The second kappa shape index (κ2) is 4.53. The van der Waals surface area contributed by atoms with E-state index in [0.29, 0.717) is 11.4 Å². The van der Waals surface area contributed by atoms with E-state index in [2.05, 4.69) is 10.2 Å². The molecule has 0 aliphatic heterocycles. The van der Waals surface area contributed by atoms with Crippen molar-refractivity contribution in [2.24, 2.45) is 0 Å². The van der Waals surface area contributed by atoms with Crippen molar-refractivity contribution in [2.75, 3.05) is 18.6 Å². The van der Waals surface area contributed by atoms with Crippen molar-refractivity contribution in [3.05, 3.63) is 17.8 Å². The van der Waals surface area contributed by atoms with Crippen molar-refractivity contribution in [3.8, 4) is 6.07 Å². The van der Waals surface area contributed by atoms with Gasteiger partial charge in [-0.05, 0) is 13.0 Å². The molecule has 0 bridgehead atoms. The minimum atomic E-state index is -0.0844. The van der Waals surface area contributed by atoms with Crippen LogP contribution in [0.1, 0.15) is 12.5 Å². The number of likely N-dealkylation sites (N-methyl/N-ethyl adjacent to an activating group) is 1. The van der Waals surface area contributed by atoms with Gasteiger partial charge in [-0.25, -0.2) is 0 Å². The number of hydrogen-bond acceptors (Lipinski definition) is 5. The number of anilines is 1. The summed E-state index contributed by atoms with van der Waals surface area (Å²) in [6, 6.07) is 3.55. The Balaban J connectivity index is 3.01. The normalized spacial score (nSPS) is 11.9. The summed E-state index contributed by atoms with van der Waals surface area (Å²) in [6.07, 6.45) is 1.47. The fourth-order valence-electron chi connectivity index (χ4n) is 1.00. The van der Waals surface area contributed by atoms with Gasteiger partial charge in [0.05, 0.1) is 24.4 Å². The number of aliphatic hydroxyl groups is 1. The first kappa shape index (κ1) is 10.4. The Kier molecular flexibility index (Phi) is 3.37. The van der Waals surface area contributed by atoms with Gasteiger partial charge < -0.3 is 10.0 Å². The Morgan fingerprint density at radius 1 is 1.71 bits per heavy atom. The Morgan fingerprint density at radius 2 is 2.43 bits per heavy atom. The van der Waals surface area contributed by atoms with Crippen LogP contribution in [0, 0.1) is 11.3 Å². The standard InChI is InChI=1S/C9H12N4O/c1-7(6-14)13(2)9-8(5-10)3-4-11-12-9/h3-4,7,14H,6H2,1-2H3. The van der Waals surface area contributed by atoms with Crippen molar-refractivity contribution in [1.82, 2.24) is 10.2 Å². The molecule has 14 heavy (non-hydrogen) atoms. The van der Waals surface area contributed by atoms with Crippen LogP contribution in [0.25, 0.3) is 0 Å². The molecule has 0 fully saturated rings. The Bertz CT molecular complexity index is 347. The molecule has 1 heterocycles. The molecule has 0 aliphatic rings. The van der Waals surface area contributed by atoms with Crippen molar-refractivity contribution >= 4 is 5.82 Å². The molecule has 5 nitrogen and oxygen atoms in total. The average molecular weight is 192 g/mol. The van der Waals surface area contributed by atoms with E-state index in [1.807, 2.05) is 13.0 Å². The first-order valence-electron chi connectivity index (χ1n) is 4.26. The maximum atomic E-state index is 8.96. The van der Waals surface area contributed by atoms with E-state index >= 15 is 0 Å². The lowest BCUT2D eigenvalue weighted by molar-refractivity contribution is 0.269. The van der Waals surface area contributed by atoms with Gasteiger partial charge in [0.25, 0.3) is 0 Å². The van der Waals surface area contributed by atoms with Crippen LogP contribution in [0.3, 0.4) is 0 Å².